The zero-order valence-corrected chi connectivity index (χ0v) is 15.1. The van der Waals surface area contributed by atoms with E-state index in [1.54, 1.807) is 0 Å². The molecule has 2 aliphatic heterocycles. The molecule has 6 heteroatoms. The monoisotopic (exact) mass is 423 g/mol. The fourth-order valence-corrected chi connectivity index (χ4v) is 4.33. The number of hydrogen-bond acceptors (Lipinski definition) is 4. The van der Waals surface area contributed by atoms with Gasteiger partial charge in [-0.05, 0) is 31.7 Å². The van der Waals surface area contributed by atoms with Crippen molar-refractivity contribution in [2.45, 2.75) is 41.8 Å². The Balaban J connectivity index is 1.69. The Bertz CT molecular complexity index is 738. The summed E-state index contributed by atoms with van der Waals surface area (Å²) >= 11 is 2.39. The van der Waals surface area contributed by atoms with Crippen molar-refractivity contribution >= 4 is 28.4 Å². The SMILES string of the molecule is CC1(C(=O)c2nc3n(n2)[C@H](c2ccccc2)C[C@@H]3I)CCCO1. The Labute approximate surface area is 148 Å². The number of carbonyl (C=O) groups excluding carboxylic acids is 1. The first-order valence-corrected chi connectivity index (χ1v) is 9.17. The van der Waals surface area contributed by atoms with Gasteiger partial charge in [0.25, 0.3) is 0 Å². The zero-order chi connectivity index (χ0) is 16.0. The number of benzene rings is 1. The predicted molar refractivity (Wildman–Crippen MR) is 93.9 cm³/mol. The van der Waals surface area contributed by atoms with Crippen LogP contribution < -0.4 is 0 Å². The Morgan fingerprint density at radius 2 is 2.17 bits per heavy atom. The quantitative estimate of drug-likeness (QED) is 0.431. The molecule has 1 saturated heterocycles. The van der Waals surface area contributed by atoms with Crippen LogP contribution in [0, 0.1) is 0 Å². The lowest BCUT2D eigenvalue weighted by atomic mass is 9.97. The first-order valence-electron chi connectivity index (χ1n) is 7.93. The summed E-state index contributed by atoms with van der Waals surface area (Å²) in [6, 6.07) is 10.4. The van der Waals surface area contributed by atoms with Crippen LogP contribution in [-0.4, -0.2) is 32.8 Å². The molecule has 1 unspecified atom stereocenters. The molecule has 1 aromatic carbocycles. The Morgan fingerprint density at radius 1 is 1.39 bits per heavy atom. The van der Waals surface area contributed by atoms with Gasteiger partial charge in [0.1, 0.15) is 11.4 Å². The van der Waals surface area contributed by atoms with E-state index in [0.717, 1.165) is 25.1 Å². The van der Waals surface area contributed by atoms with Crippen LogP contribution in [0.4, 0.5) is 0 Å². The van der Waals surface area contributed by atoms with E-state index >= 15 is 0 Å². The minimum atomic E-state index is -0.758. The summed E-state index contributed by atoms with van der Waals surface area (Å²) in [5.41, 5.74) is 0.450. The van der Waals surface area contributed by atoms with Crippen LogP contribution in [0.25, 0.3) is 0 Å². The van der Waals surface area contributed by atoms with Gasteiger partial charge in [-0.2, -0.15) is 0 Å². The molecule has 3 heterocycles. The molecule has 1 aromatic heterocycles. The third-order valence-corrected chi connectivity index (χ3v) is 5.82. The highest BCUT2D eigenvalue weighted by Crippen LogP contribution is 2.42. The molecule has 1 fully saturated rings. The number of ketones is 1. The van der Waals surface area contributed by atoms with Crippen LogP contribution in [0.2, 0.25) is 0 Å². The second-order valence-corrected chi connectivity index (χ2v) is 7.88. The van der Waals surface area contributed by atoms with Crippen molar-refractivity contribution in [1.29, 1.82) is 0 Å². The van der Waals surface area contributed by atoms with Crippen molar-refractivity contribution in [3.63, 3.8) is 0 Å². The normalized spacial score (nSPS) is 29.7. The highest BCUT2D eigenvalue weighted by Gasteiger charge is 2.42. The van der Waals surface area contributed by atoms with Crippen molar-refractivity contribution in [1.82, 2.24) is 14.8 Å². The van der Waals surface area contributed by atoms with Crippen molar-refractivity contribution in [3.05, 3.63) is 47.5 Å². The van der Waals surface area contributed by atoms with Crippen LogP contribution in [0.1, 0.15) is 58.2 Å². The molecule has 5 nitrogen and oxygen atoms in total. The molecule has 0 radical (unpaired) electrons. The van der Waals surface area contributed by atoms with Gasteiger partial charge in [-0.15, -0.1) is 5.10 Å². The van der Waals surface area contributed by atoms with E-state index in [9.17, 15) is 4.79 Å². The van der Waals surface area contributed by atoms with Crippen LogP contribution in [0.3, 0.4) is 0 Å². The van der Waals surface area contributed by atoms with Gasteiger partial charge in [0.2, 0.25) is 11.6 Å². The fourth-order valence-electron chi connectivity index (χ4n) is 3.42. The highest BCUT2D eigenvalue weighted by atomic mass is 127. The summed E-state index contributed by atoms with van der Waals surface area (Å²) in [6.45, 7) is 2.49. The van der Waals surface area contributed by atoms with Crippen LogP contribution in [-0.2, 0) is 4.74 Å². The maximum atomic E-state index is 12.8. The van der Waals surface area contributed by atoms with Crippen LogP contribution >= 0.6 is 22.6 Å². The van der Waals surface area contributed by atoms with Gasteiger partial charge in [-0.1, -0.05) is 52.9 Å². The molecule has 2 aliphatic rings. The summed E-state index contributed by atoms with van der Waals surface area (Å²) in [7, 11) is 0. The highest BCUT2D eigenvalue weighted by molar-refractivity contribution is 14.1. The molecule has 23 heavy (non-hydrogen) atoms. The maximum Gasteiger partial charge on any atom is 0.233 e. The molecule has 0 aliphatic carbocycles. The average Bonchev–Trinajstić information content (AvgIpc) is 3.25. The number of ether oxygens (including phenoxy) is 1. The second kappa shape index (κ2) is 5.66. The minimum absolute atomic E-state index is 0.0905. The predicted octanol–water partition coefficient (Wildman–Crippen LogP) is 3.50. The lowest BCUT2D eigenvalue weighted by molar-refractivity contribution is 0.0204. The van der Waals surface area contributed by atoms with Crippen molar-refractivity contribution in [3.8, 4) is 0 Å². The topological polar surface area (TPSA) is 57.0 Å². The van der Waals surface area contributed by atoms with Gasteiger partial charge in [-0.3, -0.25) is 4.79 Å². The van der Waals surface area contributed by atoms with E-state index in [1.807, 2.05) is 29.8 Å². The molecular weight excluding hydrogens is 405 g/mol. The van der Waals surface area contributed by atoms with Gasteiger partial charge in [0.15, 0.2) is 0 Å². The van der Waals surface area contributed by atoms with E-state index in [0.29, 0.717) is 12.4 Å². The first kappa shape index (κ1) is 15.3. The van der Waals surface area contributed by atoms with Gasteiger partial charge in [0, 0.05) is 6.61 Å². The average molecular weight is 423 g/mol. The molecule has 0 N–H and O–H groups in total. The minimum Gasteiger partial charge on any atom is -0.367 e. The van der Waals surface area contributed by atoms with Crippen LogP contribution in [0.15, 0.2) is 30.3 Å². The fraction of sp³-hybridized carbons (Fsp3) is 0.471. The van der Waals surface area contributed by atoms with Gasteiger partial charge < -0.3 is 4.74 Å². The number of fused-ring (bicyclic) bond motifs is 1. The van der Waals surface area contributed by atoms with E-state index < -0.39 is 5.60 Å². The van der Waals surface area contributed by atoms with E-state index in [-0.39, 0.29) is 15.7 Å². The molecule has 120 valence electrons. The summed E-state index contributed by atoms with van der Waals surface area (Å²) in [5.74, 6) is 1.10. The number of aromatic nitrogens is 3. The number of carbonyl (C=O) groups is 1. The smallest absolute Gasteiger partial charge is 0.233 e. The first-order chi connectivity index (χ1) is 11.1. The number of nitrogens with zero attached hydrogens (tertiary/aromatic N) is 3. The number of Topliss-reactive ketones (excluding diaryl/α,β-unsaturated/α-hetero) is 1. The standard InChI is InChI=1S/C17H18IN3O2/c1-17(8-5-9-23-17)14(22)15-19-16-12(18)10-13(21(16)20-15)11-6-3-2-4-7-11/h2-4,6-7,12-13H,5,8-10H2,1H3/t12-,13-,17?/m0/s1. The van der Waals surface area contributed by atoms with Gasteiger partial charge >= 0.3 is 0 Å². The Kier molecular flexibility index (Phi) is 3.76. The maximum absolute atomic E-state index is 12.8. The number of hydrogen-bond donors (Lipinski definition) is 0. The number of halogens is 1. The summed E-state index contributed by atoms with van der Waals surface area (Å²) < 4.78 is 7.85. The second-order valence-electron chi connectivity index (χ2n) is 6.38. The molecule has 0 saturated carbocycles. The number of rotatable bonds is 3. The van der Waals surface area contributed by atoms with Crippen molar-refractivity contribution < 1.29 is 9.53 Å². The van der Waals surface area contributed by atoms with Gasteiger partial charge in [-0.25, -0.2) is 9.67 Å². The van der Waals surface area contributed by atoms with Crippen LogP contribution in [0.5, 0.6) is 0 Å². The summed E-state index contributed by atoms with van der Waals surface area (Å²) in [4.78, 5) is 17.3. The third-order valence-electron chi connectivity index (χ3n) is 4.75. The molecule has 0 amide bonds. The summed E-state index contributed by atoms with van der Waals surface area (Å²) in [6.07, 6.45) is 2.62. The summed E-state index contributed by atoms with van der Waals surface area (Å²) in [5, 5.41) is 4.56. The van der Waals surface area contributed by atoms with Gasteiger partial charge in [0.05, 0.1) is 9.97 Å². The molecule has 0 bridgehead atoms. The zero-order valence-electron chi connectivity index (χ0n) is 12.9. The molecule has 4 rings (SSSR count). The largest absolute Gasteiger partial charge is 0.367 e. The van der Waals surface area contributed by atoms with E-state index in [4.69, 9.17) is 4.74 Å². The Hall–Kier alpha value is -1.28. The molecule has 3 atom stereocenters. The number of alkyl halides is 1. The molecule has 2 aromatic rings. The van der Waals surface area contributed by atoms with Crippen molar-refractivity contribution in [2.75, 3.05) is 6.61 Å². The van der Waals surface area contributed by atoms with Crippen molar-refractivity contribution in [2.24, 2.45) is 0 Å². The lowest BCUT2D eigenvalue weighted by Crippen LogP contribution is -2.35. The van der Waals surface area contributed by atoms with E-state index in [1.165, 1.54) is 5.56 Å². The lowest BCUT2D eigenvalue weighted by Gasteiger charge is -2.19. The Morgan fingerprint density at radius 3 is 2.87 bits per heavy atom. The third kappa shape index (κ3) is 2.52. The molecular formula is C17H18IN3O2. The van der Waals surface area contributed by atoms with E-state index in [2.05, 4.69) is 44.8 Å². The molecule has 0 spiro atoms.